The third-order valence-corrected chi connectivity index (χ3v) is 3.04. The molecule has 88 valence electrons. The summed E-state index contributed by atoms with van der Waals surface area (Å²) in [4.78, 5) is 14.4. The van der Waals surface area contributed by atoms with Crippen molar-refractivity contribution in [1.29, 1.82) is 0 Å². The smallest absolute Gasteiger partial charge is 0.359 e. The van der Waals surface area contributed by atoms with Crippen LogP contribution in [0.25, 0.3) is 0 Å². The number of pyridine rings is 1. The summed E-state index contributed by atoms with van der Waals surface area (Å²) in [6.45, 7) is 1.31. The lowest BCUT2D eigenvalue weighted by molar-refractivity contribution is 0.0587. The van der Waals surface area contributed by atoms with Crippen LogP contribution in [0.5, 0.6) is 0 Å². The van der Waals surface area contributed by atoms with E-state index in [0.29, 0.717) is 0 Å². The average Bonchev–Trinajstić information content (AvgIpc) is 2.14. The van der Waals surface area contributed by atoms with Crippen LogP contribution in [-0.4, -0.2) is 26.5 Å². The fourth-order valence-electron chi connectivity index (χ4n) is 1.05. The van der Waals surface area contributed by atoms with E-state index in [9.17, 15) is 17.6 Å². The molecule has 0 bridgehead atoms. The molecule has 0 radical (unpaired) electrons. The Morgan fingerprint density at radius 1 is 1.56 bits per heavy atom. The highest BCUT2D eigenvalue weighted by molar-refractivity contribution is 8.13. The maximum absolute atomic E-state index is 13.3. The highest BCUT2D eigenvalue weighted by Crippen LogP contribution is 2.20. The number of nitrogens with zero attached hydrogens (tertiary/aromatic N) is 1. The molecule has 0 amide bonds. The highest BCUT2D eigenvalue weighted by atomic mass is 35.7. The van der Waals surface area contributed by atoms with Crippen molar-refractivity contribution in [3.8, 4) is 0 Å². The summed E-state index contributed by atoms with van der Waals surface area (Å²) in [6.07, 6.45) is 0. The summed E-state index contributed by atoms with van der Waals surface area (Å²) in [7, 11) is 1.97. The predicted octanol–water partition coefficient (Wildman–Crippen LogP) is 1.24. The molecule has 16 heavy (non-hydrogen) atoms. The Balaban J connectivity index is 3.51. The van der Waals surface area contributed by atoms with E-state index in [2.05, 4.69) is 9.72 Å². The predicted molar refractivity (Wildman–Crippen MR) is 53.3 cm³/mol. The van der Waals surface area contributed by atoms with E-state index >= 15 is 0 Å². The molecule has 0 unspecified atom stereocenters. The van der Waals surface area contributed by atoms with Crippen LogP contribution in [0.4, 0.5) is 4.39 Å². The molecule has 8 heteroatoms. The Bertz CT molecular complexity index is 543. The van der Waals surface area contributed by atoms with Crippen molar-refractivity contribution >= 4 is 25.7 Å². The molecule has 0 aliphatic rings. The van der Waals surface area contributed by atoms with Crippen molar-refractivity contribution in [3.63, 3.8) is 0 Å². The fraction of sp³-hybridized carbons (Fsp3) is 0.250. The lowest BCUT2D eigenvalue weighted by Crippen LogP contribution is -2.11. The first-order valence-electron chi connectivity index (χ1n) is 3.97. The van der Waals surface area contributed by atoms with Gasteiger partial charge in [-0.2, -0.15) is 0 Å². The van der Waals surface area contributed by atoms with E-state index in [-0.39, 0.29) is 5.56 Å². The first-order valence-corrected chi connectivity index (χ1v) is 6.28. The molecule has 0 atom stereocenters. The van der Waals surface area contributed by atoms with E-state index < -0.39 is 31.6 Å². The lowest BCUT2D eigenvalue weighted by Gasteiger charge is -2.05. The number of hydrogen-bond donors (Lipinski definition) is 0. The monoisotopic (exact) mass is 267 g/mol. The Kier molecular flexibility index (Phi) is 3.49. The largest absolute Gasteiger partial charge is 0.464 e. The minimum atomic E-state index is -4.13. The van der Waals surface area contributed by atoms with Crippen molar-refractivity contribution in [3.05, 3.63) is 23.1 Å². The van der Waals surface area contributed by atoms with Gasteiger partial charge >= 0.3 is 5.97 Å². The van der Waals surface area contributed by atoms with Gasteiger partial charge in [-0.15, -0.1) is 0 Å². The summed E-state index contributed by atoms with van der Waals surface area (Å²) in [5.74, 6) is -2.03. The lowest BCUT2D eigenvalue weighted by atomic mass is 10.2. The zero-order valence-electron chi connectivity index (χ0n) is 8.32. The summed E-state index contributed by atoms with van der Waals surface area (Å²) in [6, 6.07) is 0.856. The summed E-state index contributed by atoms with van der Waals surface area (Å²) in [5.41, 5.74) is -0.701. The van der Waals surface area contributed by atoms with Gasteiger partial charge in [-0.25, -0.2) is 22.6 Å². The van der Waals surface area contributed by atoms with Crippen LogP contribution >= 0.6 is 10.7 Å². The Labute approximate surface area is 95.6 Å². The molecule has 0 N–H and O–H groups in total. The molecule has 1 heterocycles. The molecule has 5 nitrogen and oxygen atoms in total. The molecule has 0 aliphatic carbocycles. The number of carbonyl (C=O) groups is 1. The Morgan fingerprint density at radius 2 is 2.12 bits per heavy atom. The second-order valence-corrected chi connectivity index (χ2v) is 5.35. The highest BCUT2D eigenvalue weighted by Gasteiger charge is 2.22. The molecular formula is C8H7ClFNO4S. The maximum Gasteiger partial charge on any atom is 0.359 e. The molecule has 0 aromatic carbocycles. The second-order valence-electron chi connectivity index (χ2n) is 2.87. The molecule has 1 aromatic rings. The van der Waals surface area contributed by atoms with Gasteiger partial charge in [0.2, 0.25) is 0 Å². The molecule has 0 spiro atoms. The van der Waals surface area contributed by atoms with Crippen LogP contribution in [-0.2, 0) is 13.8 Å². The van der Waals surface area contributed by atoms with Crippen LogP contribution in [0, 0.1) is 12.7 Å². The van der Waals surface area contributed by atoms with Gasteiger partial charge in [0.05, 0.1) is 7.11 Å². The maximum atomic E-state index is 13.3. The molecular weight excluding hydrogens is 261 g/mol. The number of halogens is 2. The normalized spacial score (nSPS) is 11.2. The number of aromatic nitrogens is 1. The van der Waals surface area contributed by atoms with Crippen LogP contribution in [0.3, 0.4) is 0 Å². The van der Waals surface area contributed by atoms with Crippen LogP contribution in [0.15, 0.2) is 11.1 Å². The van der Waals surface area contributed by atoms with Gasteiger partial charge in [-0.05, 0) is 18.6 Å². The van der Waals surface area contributed by atoms with Gasteiger partial charge in [0.25, 0.3) is 9.05 Å². The zero-order valence-corrected chi connectivity index (χ0v) is 9.89. The van der Waals surface area contributed by atoms with Crippen molar-refractivity contribution in [2.75, 3.05) is 7.11 Å². The van der Waals surface area contributed by atoms with Gasteiger partial charge < -0.3 is 4.74 Å². The minimum Gasteiger partial charge on any atom is -0.464 e. The topological polar surface area (TPSA) is 73.3 Å². The first kappa shape index (κ1) is 12.9. The summed E-state index contributed by atoms with van der Waals surface area (Å²) < 4.78 is 39.6. The number of rotatable bonds is 2. The Hall–Kier alpha value is -1.21. The van der Waals surface area contributed by atoms with Gasteiger partial charge in [0, 0.05) is 10.7 Å². The van der Waals surface area contributed by atoms with E-state index in [1.54, 1.807) is 0 Å². The first-order chi connectivity index (χ1) is 7.27. The third kappa shape index (κ3) is 2.48. The van der Waals surface area contributed by atoms with Gasteiger partial charge in [-0.1, -0.05) is 0 Å². The van der Waals surface area contributed by atoms with Crippen molar-refractivity contribution in [1.82, 2.24) is 4.98 Å². The number of hydrogen-bond acceptors (Lipinski definition) is 5. The molecule has 0 fully saturated rings. The quantitative estimate of drug-likeness (QED) is 0.595. The zero-order chi connectivity index (χ0) is 12.5. The van der Waals surface area contributed by atoms with Crippen molar-refractivity contribution in [2.45, 2.75) is 11.9 Å². The Morgan fingerprint density at radius 3 is 2.56 bits per heavy atom. The number of aryl methyl sites for hydroxylation is 1. The van der Waals surface area contributed by atoms with Gasteiger partial charge in [0.15, 0.2) is 16.5 Å². The number of carbonyl (C=O) groups excluding carboxylic acids is 1. The second kappa shape index (κ2) is 4.34. The SMILES string of the molecule is COC(=O)c1nc(S(=O)(=O)Cl)c(C)cc1F. The third-order valence-electron chi connectivity index (χ3n) is 1.73. The van der Waals surface area contributed by atoms with Crippen molar-refractivity contribution < 1.29 is 22.3 Å². The summed E-state index contributed by atoms with van der Waals surface area (Å²) >= 11 is 0. The van der Waals surface area contributed by atoms with Gasteiger partial charge in [0.1, 0.15) is 0 Å². The molecule has 1 aromatic heterocycles. The molecule has 0 saturated carbocycles. The van der Waals surface area contributed by atoms with Crippen LogP contribution in [0.1, 0.15) is 16.1 Å². The van der Waals surface area contributed by atoms with Crippen molar-refractivity contribution in [2.24, 2.45) is 0 Å². The van der Waals surface area contributed by atoms with E-state index in [4.69, 9.17) is 10.7 Å². The summed E-state index contributed by atoms with van der Waals surface area (Å²) in [5, 5.41) is -0.559. The van der Waals surface area contributed by atoms with E-state index in [1.165, 1.54) is 6.92 Å². The number of esters is 1. The van der Waals surface area contributed by atoms with E-state index in [0.717, 1.165) is 13.2 Å². The average molecular weight is 268 g/mol. The molecule has 0 saturated heterocycles. The number of ether oxygens (including phenoxy) is 1. The van der Waals surface area contributed by atoms with Crippen LogP contribution < -0.4 is 0 Å². The standard InChI is InChI=1S/C8H7ClFNO4S/c1-4-3-5(10)6(8(12)15-2)11-7(4)16(9,13)14/h3H,1-2H3. The van der Waals surface area contributed by atoms with E-state index in [1.807, 2.05) is 0 Å². The number of methoxy groups -OCH3 is 1. The molecule has 1 rings (SSSR count). The van der Waals surface area contributed by atoms with Crippen LogP contribution in [0.2, 0.25) is 0 Å². The molecule has 0 aliphatic heterocycles. The van der Waals surface area contributed by atoms with Gasteiger partial charge in [-0.3, -0.25) is 0 Å². The minimum absolute atomic E-state index is 0.0140. The fourth-order valence-corrected chi connectivity index (χ4v) is 2.16.